The van der Waals surface area contributed by atoms with E-state index >= 15 is 0 Å². The Labute approximate surface area is 136 Å². The van der Waals surface area contributed by atoms with Gasteiger partial charge in [-0.3, -0.25) is 0 Å². The number of rotatable bonds is 4. The largest absolute Gasteiger partial charge is 0.484 e. The minimum Gasteiger partial charge on any atom is -0.484 e. The zero-order chi connectivity index (χ0) is 14.7. The number of ether oxygens (including phenoxy) is 1. The number of aryl methyl sites for hydroxylation is 2. The summed E-state index contributed by atoms with van der Waals surface area (Å²) in [5.74, 6) is 0.846. The molecule has 0 spiro atoms. The lowest BCUT2D eigenvalue weighted by Crippen LogP contribution is -2.18. The molecule has 2 N–H and O–H groups in total. The first-order valence-corrected chi connectivity index (χ1v) is 7.99. The van der Waals surface area contributed by atoms with Crippen molar-refractivity contribution in [1.82, 2.24) is 0 Å². The molecule has 106 valence electrons. The monoisotopic (exact) mass is 397 g/mol. The van der Waals surface area contributed by atoms with Crippen molar-refractivity contribution in [2.75, 3.05) is 6.54 Å². The molecule has 0 bridgehead atoms. The highest BCUT2D eigenvalue weighted by Gasteiger charge is 2.13. The van der Waals surface area contributed by atoms with Crippen molar-refractivity contribution in [2.24, 2.45) is 5.73 Å². The second-order valence-corrected chi connectivity index (χ2v) is 6.48. The smallest absolute Gasteiger partial charge is 0.136 e. The normalized spacial score (nSPS) is 12.2. The highest BCUT2D eigenvalue weighted by atomic mass is 79.9. The maximum Gasteiger partial charge on any atom is 0.136 e. The molecule has 20 heavy (non-hydrogen) atoms. The molecular weight excluding hydrogens is 382 g/mol. The number of benzene rings is 2. The summed E-state index contributed by atoms with van der Waals surface area (Å²) in [5, 5.41) is 0. The molecule has 0 aromatic heterocycles. The van der Waals surface area contributed by atoms with Crippen LogP contribution in [0.15, 0.2) is 45.3 Å². The van der Waals surface area contributed by atoms with E-state index in [9.17, 15) is 0 Å². The SMILES string of the molecule is Cc1cc(OC(CN)c2cccc(Br)c2)cc(C)c1Br. The second-order valence-electron chi connectivity index (χ2n) is 4.77. The number of hydrogen-bond donors (Lipinski definition) is 1. The van der Waals surface area contributed by atoms with Crippen LogP contribution in [0, 0.1) is 13.8 Å². The van der Waals surface area contributed by atoms with E-state index in [1.807, 2.05) is 36.4 Å². The summed E-state index contributed by atoms with van der Waals surface area (Å²) < 4.78 is 8.20. The van der Waals surface area contributed by atoms with Gasteiger partial charge in [0.15, 0.2) is 0 Å². The van der Waals surface area contributed by atoms with Crippen LogP contribution in [0.4, 0.5) is 0 Å². The fraction of sp³-hybridized carbons (Fsp3) is 0.250. The fourth-order valence-electron chi connectivity index (χ4n) is 2.10. The van der Waals surface area contributed by atoms with Gasteiger partial charge in [-0.1, -0.05) is 44.0 Å². The van der Waals surface area contributed by atoms with Crippen molar-refractivity contribution in [2.45, 2.75) is 20.0 Å². The molecule has 0 radical (unpaired) electrons. The Balaban J connectivity index is 2.27. The van der Waals surface area contributed by atoms with Crippen LogP contribution in [0.1, 0.15) is 22.8 Å². The van der Waals surface area contributed by atoms with Crippen molar-refractivity contribution < 1.29 is 4.74 Å². The summed E-state index contributed by atoms with van der Waals surface area (Å²) in [6.45, 7) is 4.55. The Morgan fingerprint density at radius 1 is 1.10 bits per heavy atom. The van der Waals surface area contributed by atoms with Gasteiger partial charge in [0.25, 0.3) is 0 Å². The van der Waals surface area contributed by atoms with Gasteiger partial charge in [-0.05, 0) is 54.8 Å². The Bertz CT molecular complexity index is 590. The van der Waals surface area contributed by atoms with E-state index in [0.29, 0.717) is 6.54 Å². The molecule has 0 saturated carbocycles. The van der Waals surface area contributed by atoms with Crippen molar-refractivity contribution in [3.8, 4) is 5.75 Å². The van der Waals surface area contributed by atoms with E-state index in [1.165, 1.54) is 0 Å². The standard InChI is InChI=1S/C16H17Br2NO/c1-10-6-14(7-11(2)16(10)18)20-15(9-19)12-4-3-5-13(17)8-12/h3-8,15H,9,19H2,1-2H3. The fourth-order valence-corrected chi connectivity index (χ4v) is 2.74. The average molecular weight is 399 g/mol. The molecule has 0 aliphatic heterocycles. The Morgan fingerprint density at radius 3 is 2.30 bits per heavy atom. The molecule has 2 rings (SSSR count). The molecule has 1 unspecified atom stereocenters. The number of nitrogens with two attached hydrogens (primary N) is 1. The number of hydrogen-bond acceptors (Lipinski definition) is 2. The third-order valence-electron chi connectivity index (χ3n) is 3.12. The zero-order valence-electron chi connectivity index (χ0n) is 11.5. The molecule has 0 fully saturated rings. The van der Waals surface area contributed by atoms with Gasteiger partial charge < -0.3 is 10.5 Å². The van der Waals surface area contributed by atoms with Gasteiger partial charge >= 0.3 is 0 Å². The Morgan fingerprint density at radius 2 is 1.75 bits per heavy atom. The van der Waals surface area contributed by atoms with Crippen molar-refractivity contribution in [3.05, 3.63) is 62.0 Å². The molecule has 0 aliphatic carbocycles. The van der Waals surface area contributed by atoms with Gasteiger partial charge in [0, 0.05) is 15.5 Å². The van der Waals surface area contributed by atoms with Crippen molar-refractivity contribution in [3.63, 3.8) is 0 Å². The van der Waals surface area contributed by atoms with Gasteiger partial charge in [0.05, 0.1) is 0 Å². The van der Waals surface area contributed by atoms with E-state index in [1.54, 1.807) is 0 Å². The lowest BCUT2D eigenvalue weighted by Gasteiger charge is -2.19. The summed E-state index contributed by atoms with van der Waals surface area (Å²) in [7, 11) is 0. The molecule has 1 atom stereocenters. The number of halogens is 2. The van der Waals surface area contributed by atoms with E-state index in [2.05, 4.69) is 45.7 Å². The molecule has 0 aliphatic rings. The highest BCUT2D eigenvalue weighted by molar-refractivity contribution is 9.10. The van der Waals surface area contributed by atoms with Crippen LogP contribution in [-0.4, -0.2) is 6.54 Å². The topological polar surface area (TPSA) is 35.2 Å². The van der Waals surface area contributed by atoms with Crippen LogP contribution in [0.5, 0.6) is 5.75 Å². The molecule has 2 nitrogen and oxygen atoms in total. The summed E-state index contributed by atoms with van der Waals surface area (Å²) in [5.41, 5.74) is 9.24. The van der Waals surface area contributed by atoms with E-state index in [-0.39, 0.29) is 6.10 Å². The maximum absolute atomic E-state index is 6.05. The zero-order valence-corrected chi connectivity index (χ0v) is 14.7. The Kier molecular flexibility index (Phi) is 5.24. The van der Waals surface area contributed by atoms with Crippen LogP contribution in [-0.2, 0) is 0 Å². The van der Waals surface area contributed by atoms with Gasteiger partial charge in [0.2, 0.25) is 0 Å². The lowest BCUT2D eigenvalue weighted by atomic mass is 10.1. The lowest BCUT2D eigenvalue weighted by molar-refractivity contribution is 0.214. The minimum atomic E-state index is -0.146. The Hall–Kier alpha value is -0.840. The van der Waals surface area contributed by atoms with Crippen LogP contribution in [0.2, 0.25) is 0 Å². The predicted molar refractivity (Wildman–Crippen MR) is 90.2 cm³/mol. The van der Waals surface area contributed by atoms with Crippen LogP contribution >= 0.6 is 31.9 Å². The van der Waals surface area contributed by atoms with Crippen molar-refractivity contribution >= 4 is 31.9 Å². The first kappa shape index (κ1) is 15.5. The van der Waals surface area contributed by atoms with E-state index < -0.39 is 0 Å². The molecule has 2 aromatic carbocycles. The predicted octanol–water partition coefficient (Wildman–Crippen LogP) is 4.91. The van der Waals surface area contributed by atoms with Crippen molar-refractivity contribution in [1.29, 1.82) is 0 Å². The minimum absolute atomic E-state index is 0.146. The third kappa shape index (κ3) is 3.62. The van der Waals surface area contributed by atoms with Crippen LogP contribution < -0.4 is 10.5 Å². The molecule has 0 saturated heterocycles. The van der Waals surface area contributed by atoms with Crippen LogP contribution in [0.25, 0.3) is 0 Å². The second kappa shape index (κ2) is 6.74. The highest BCUT2D eigenvalue weighted by Crippen LogP contribution is 2.29. The average Bonchev–Trinajstić information content (AvgIpc) is 2.42. The molecule has 2 aromatic rings. The maximum atomic E-state index is 6.05. The molecule has 4 heteroatoms. The quantitative estimate of drug-likeness (QED) is 0.794. The molecule has 0 amide bonds. The molecular formula is C16H17Br2NO. The van der Waals surface area contributed by atoms with E-state index in [4.69, 9.17) is 10.5 Å². The van der Waals surface area contributed by atoms with Gasteiger partial charge in [-0.2, -0.15) is 0 Å². The summed E-state index contributed by atoms with van der Waals surface area (Å²) in [4.78, 5) is 0. The molecule has 0 heterocycles. The van der Waals surface area contributed by atoms with Gasteiger partial charge in [-0.25, -0.2) is 0 Å². The van der Waals surface area contributed by atoms with E-state index in [0.717, 1.165) is 31.4 Å². The third-order valence-corrected chi connectivity index (χ3v) is 4.87. The van der Waals surface area contributed by atoms with Gasteiger partial charge in [0.1, 0.15) is 11.9 Å². The first-order chi connectivity index (χ1) is 9.51. The summed E-state index contributed by atoms with van der Waals surface area (Å²) in [6, 6.07) is 12.1. The van der Waals surface area contributed by atoms with Crippen LogP contribution in [0.3, 0.4) is 0 Å². The first-order valence-electron chi connectivity index (χ1n) is 6.40. The van der Waals surface area contributed by atoms with Gasteiger partial charge in [-0.15, -0.1) is 0 Å². The summed E-state index contributed by atoms with van der Waals surface area (Å²) in [6.07, 6.45) is -0.146. The summed E-state index contributed by atoms with van der Waals surface area (Å²) >= 11 is 7.04.